The number of ether oxygens (including phenoxy) is 3. The Kier molecular flexibility index (Phi) is 8.86. The van der Waals surface area contributed by atoms with Crippen LogP contribution in [0.5, 0.6) is 0 Å². The highest BCUT2D eigenvalue weighted by molar-refractivity contribution is 5.95. The van der Waals surface area contributed by atoms with Gasteiger partial charge in [-0.05, 0) is 110 Å². The van der Waals surface area contributed by atoms with Crippen LogP contribution >= 0.6 is 0 Å². The Hall–Kier alpha value is -1.28. The van der Waals surface area contributed by atoms with Crippen molar-refractivity contribution in [2.75, 3.05) is 39.6 Å². The van der Waals surface area contributed by atoms with Crippen molar-refractivity contribution in [3.05, 3.63) is 11.6 Å². The van der Waals surface area contributed by atoms with Gasteiger partial charge in [0, 0.05) is 5.92 Å². The highest BCUT2D eigenvalue weighted by atomic mass is 16.6. The summed E-state index contributed by atoms with van der Waals surface area (Å²) >= 11 is 0. The van der Waals surface area contributed by atoms with Crippen molar-refractivity contribution in [2.45, 2.75) is 112 Å². The molecule has 244 valence electrons. The summed E-state index contributed by atoms with van der Waals surface area (Å²) in [5.41, 5.74) is 0.202. The first-order valence-corrected chi connectivity index (χ1v) is 17.0. The van der Waals surface area contributed by atoms with Gasteiger partial charge in [-0.25, -0.2) is 0 Å². The second kappa shape index (κ2) is 11.5. The molecule has 0 radical (unpaired) electrons. The molecule has 5 aliphatic rings. The lowest BCUT2D eigenvalue weighted by Gasteiger charge is -2.70. The Morgan fingerprint density at radius 2 is 1.51 bits per heavy atom. The van der Waals surface area contributed by atoms with Crippen molar-refractivity contribution < 1.29 is 34.0 Å². The molecule has 0 unspecified atom stereocenters. The van der Waals surface area contributed by atoms with Gasteiger partial charge in [0.1, 0.15) is 6.61 Å². The van der Waals surface area contributed by atoms with Gasteiger partial charge < -0.3 is 24.4 Å². The van der Waals surface area contributed by atoms with Crippen LogP contribution in [0.1, 0.15) is 106 Å². The number of hydrogen-bond donors (Lipinski definition) is 2. The molecule has 4 fully saturated rings. The molecule has 0 bridgehead atoms. The largest absolute Gasteiger partial charge is 0.463 e. The molecular weight excluding hydrogens is 544 g/mol. The van der Waals surface area contributed by atoms with Crippen LogP contribution in [0.15, 0.2) is 11.6 Å². The molecule has 0 spiro atoms. The van der Waals surface area contributed by atoms with Gasteiger partial charge in [-0.15, -0.1) is 0 Å². The average molecular weight is 603 g/mol. The summed E-state index contributed by atoms with van der Waals surface area (Å²) in [6.45, 7) is 17.7. The van der Waals surface area contributed by atoms with Crippen molar-refractivity contribution in [3.63, 3.8) is 0 Å². The maximum Gasteiger partial charge on any atom is 0.311 e. The maximum atomic E-state index is 14.5. The molecular formula is C36H58O7. The SMILES string of the molecule is CC1(C)[C@@H](O)CC[C@]2(C)[C@H]3C(=O)C=C4[C@@H]5C[C@@](C)(C(=O)OCCOCCOCCO)CC[C@]5(C)CC[C@@]4(C)[C@]3(C)CC[C@@H]12. The van der Waals surface area contributed by atoms with E-state index >= 15 is 0 Å². The number of aliphatic hydroxyl groups excluding tert-OH is 2. The molecule has 7 heteroatoms. The minimum absolute atomic E-state index is 0.0104. The summed E-state index contributed by atoms with van der Waals surface area (Å²) < 4.78 is 16.5. The fraction of sp³-hybridized carbons (Fsp3) is 0.889. The van der Waals surface area contributed by atoms with Gasteiger partial charge in [-0.2, -0.15) is 0 Å². The Balaban J connectivity index is 1.36. The van der Waals surface area contributed by atoms with Crippen molar-refractivity contribution in [1.29, 1.82) is 0 Å². The molecule has 0 heterocycles. The lowest BCUT2D eigenvalue weighted by molar-refractivity contribution is -0.202. The predicted octanol–water partition coefficient (Wildman–Crippen LogP) is 5.90. The van der Waals surface area contributed by atoms with Gasteiger partial charge in [-0.3, -0.25) is 9.59 Å². The summed E-state index contributed by atoms with van der Waals surface area (Å²) in [6.07, 6.45) is 10.1. The minimum Gasteiger partial charge on any atom is -0.463 e. The van der Waals surface area contributed by atoms with Gasteiger partial charge in [0.15, 0.2) is 5.78 Å². The molecule has 2 N–H and O–H groups in total. The molecule has 4 saturated carbocycles. The summed E-state index contributed by atoms with van der Waals surface area (Å²) in [7, 11) is 0. The van der Waals surface area contributed by atoms with Crippen LogP contribution in [0.3, 0.4) is 0 Å². The molecule has 5 aliphatic carbocycles. The van der Waals surface area contributed by atoms with Gasteiger partial charge in [0.2, 0.25) is 0 Å². The highest BCUT2D eigenvalue weighted by Gasteiger charge is 2.70. The fourth-order valence-corrected chi connectivity index (χ4v) is 11.1. The first-order chi connectivity index (χ1) is 20.1. The van der Waals surface area contributed by atoms with Crippen LogP contribution < -0.4 is 0 Å². The van der Waals surface area contributed by atoms with E-state index in [1.807, 2.05) is 0 Å². The lowest BCUT2D eigenvalue weighted by atomic mass is 9.33. The summed E-state index contributed by atoms with van der Waals surface area (Å²) in [5, 5.41) is 19.8. The van der Waals surface area contributed by atoms with E-state index in [4.69, 9.17) is 19.3 Å². The van der Waals surface area contributed by atoms with E-state index in [0.717, 1.165) is 51.4 Å². The van der Waals surface area contributed by atoms with E-state index < -0.39 is 5.41 Å². The number of hydrogen-bond acceptors (Lipinski definition) is 7. The first kappa shape index (κ1) is 33.1. The zero-order valence-corrected chi connectivity index (χ0v) is 27.9. The number of esters is 1. The summed E-state index contributed by atoms with van der Waals surface area (Å²) in [4.78, 5) is 28.0. The average Bonchev–Trinajstić information content (AvgIpc) is 2.94. The third kappa shape index (κ3) is 5.16. The molecule has 0 aromatic heterocycles. The topological polar surface area (TPSA) is 102 Å². The van der Waals surface area contributed by atoms with E-state index in [9.17, 15) is 14.7 Å². The maximum absolute atomic E-state index is 14.5. The smallest absolute Gasteiger partial charge is 0.311 e. The first-order valence-electron chi connectivity index (χ1n) is 17.0. The number of carbonyl (C=O) groups is 2. The van der Waals surface area contributed by atoms with Gasteiger partial charge >= 0.3 is 5.97 Å². The zero-order chi connectivity index (χ0) is 31.5. The fourth-order valence-electron chi connectivity index (χ4n) is 11.1. The quantitative estimate of drug-likeness (QED) is 0.250. The van der Waals surface area contributed by atoms with Crippen LogP contribution in [0, 0.1) is 50.2 Å². The Labute approximate surface area is 259 Å². The molecule has 0 amide bonds. The van der Waals surface area contributed by atoms with Crippen molar-refractivity contribution >= 4 is 11.8 Å². The van der Waals surface area contributed by atoms with E-state index in [0.29, 0.717) is 38.8 Å². The van der Waals surface area contributed by atoms with Crippen molar-refractivity contribution in [1.82, 2.24) is 0 Å². The number of carbonyl (C=O) groups excluding carboxylic acids is 2. The standard InChI is InChI=1S/C36H58O7/c1-31(2)27-8-11-36(7)29(34(27,5)10-9-28(31)39)26(38)22-24-25-23-33(4,13-12-32(25,3)14-15-35(24,36)6)30(40)43-21-20-42-19-18-41-17-16-37/h22,25,27-29,37,39H,8-21,23H2,1-7H3/t25-,27-,28-,29+,32+,33-,34-,35+,36+/m0/s1. The second-order valence-corrected chi connectivity index (χ2v) is 16.7. The number of fused-ring (bicyclic) bond motifs is 7. The van der Waals surface area contributed by atoms with Gasteiger partial charge in [-0.1, -0.05) is 47.1 Å². The third-order valence-electron chi connectivity index (χ3n) is 14.1. The van der Waals surface area contributed by atoms with Gasteiger partial charge in [0.25, 0.3) is 0 Å². The Morgan fingerprint density at radius 3 is 2.21 bits per heavy atom. The number of rotatable bonds is 9. The molecule has 9 atom stereocenters. The van der Waals surface area contributed by atoms with Crippen molar-refractivity contribution in [2.24, 2.45) is 50.2 Å². The normalized spacial score (nSPS) is 45.2. The molecule has 0 aliphatic heterocycles. The van der Waals surface area contributed by atoms with Gasteiger partial charge in [0.05, 0.1) is 44.6 Å². The molecule has 0 saturated heterocycles. The lowest BCUT2D eigenvalue weighted by Crippen LogP contribution is -2.66. The number of allylic oxidation sites excluding steroid dienone is 2. The summed E-state index contributed by atoms with van der Waals surface area (Å²) in [5.74, 6) is 0.577. The van der Waals surface area contributed by atoms with E-state index in [2.05, 4.69) is 54.5 Å². The Morgan fingerprint density at radius 1 is 0.860 bits per heavy atom. The van der Waals surface area contributed by atoms with Crippen molar-refractivity contribution in [3.8, 4) is 0 Å². The van der Waals surface area contributed by atoms with Crippen LogP contribution in [0.2, 0.25) is 0 Å². The summed E-state index contributed by atoms with van der Waals surface area (Å²) in [6, 6.07) is 0. The van der Waals surface area contributed by atoms with E-state index in [1.54, 1.807) is 0 Å². The van der Waals surface area contributed by atoms with Crippen LogP contribution in [-0.4, -0.2) is 67.7 Å². The predicted molar refractivity (Wildman–Crippen MR) is 165 cm³/mol. The monoisotopic (exact) mass is 602 g/mol. The minimum atomic E-state index is -0.596. The molecule has 7 nitrogen and oxygen atoms in total. The number of aliphatic hydroxyl groups is 2. The van der Waals surface area contributed by atoms with Crippen LogP contribution in [0.4, 0.5) is 0 Å². The Bertz CT molecular complexity index is 1110. The molecule has 43 heavy (non-hydrogen) atoms. The van der Waals surface area contributed by atoms with Crippen LogP contribution in [-0.2, 0) is 23.8 Å². The molecule has 0 aromatic rings. The number of ketones is 1. The molecule has 5 rings (SSSR count). The third-order valence-corrected chi connectivity index (χ3v) is 14.1. The highest BCUT2D eigenvalue weighted by Crippen LogP contribution is 2.75. The van der Waals surface area contributed by atoms with Crippen LogP contribution in [0.25, 0.3) is 0 Å². The molecule has 0 aromatic carbocycles. The van der Waals surface area contributed by atoms with E-state index in [-0.39, 0.29) is 70.0 Å². The second-order valence-electron chi connectivity index (χ2n) is 16.7. The zero-order valence-electron chi connectivity index (χ0n) is 27.9. The van der Waals surface area contributed by atoms with E-state index in [1.165, 1.54) is 5.57 Å².